The van der Waals surface area contributed by atoms with Crippen molar-refractivity contribution in [3.05, 3.63) is 75.1 Å². The standard InChI is InChI=1S/C18H17NO4/c1-13-7-9-14(10-8-13)22-12-4-11-19-16-6-3-2-5-15(16)17(20)23-18(19)21/h2-3,5-10H,4,11-12H2,1H3. The molecule has 5 heteroatoms. The number of rotatable bonds is 5. The molecule has 0 aliphatic rings. The number of hydrogen-bond donors (Lipinski definition) is 0. The van der Waals surface area contributed by atoms with Gasteiger partial charge in [0.15, 0.2) is 0 Å². The fourth-order valence-electron chi connectivity index (χ4n) is 2.43. The van der Waals surface area contributed by atoms with E-state index in [9.17, 15) is 9.59 Å². The molecule has 1 heterocycles. The van der Waals surface area contributed by atoms with Crippen LogP contribution in [0.3, 0.4) is 0 Å². The van der Waals surface area contributed by atoms with Crippen molar-refractivity contribution in [2.24, 2.45) is 0 Å². The van der Waals surface area contributed by atoms with Crippen LogP contribution in [0.25, 0.3) is 10.9 Å². The molecule has 0 unspecified atom stereocenters. The van der Waals surface area contributed by atoms with Gasteiger partial charge in [-0.05, 0) is 37.6 Å². The molecular weight excluding hydrogens is 294 g/mol. The Morgan fingerprint density at radius 1 is 1.04 bits per heavy atom. The van der Waals surface area contributed by atoms with Crippen LogP contribution in [0.5, 0.6) is 5.75 Å². The molecule has 3 aromatic rings. The minimum Gasteiger partial charge on any atom is -0.494 e. The number of fused-ring (bicyclic) bond motifs is 1. The minimum absolute atomic E-state index is 0.409. The van der Waals surface area contributed by atoms with Gasteiger partial charge in [0.1, 0.15) is 5.75 Å². The van der Waals surface area contributed by atoms with E-state index in [1.54, 1.807) is 24.3 Å². The summed E-state index contributed by atoms with van der Waals surface area (Å²) in [7, 11) is 0. The second-order valence-electron chi connectivity index (χ2n) is 5.34. The fraction of sp³-hybridized carbons (Fsp3) is 0.222. The van der Waals surface area contributed by atoms with E-state index in [-0.39, 0.29) is 0 Å². The highest BCUT2D eigenvalue weighted by molar-refractivity contribution is 5.77. The largest absolute Gasteiger partial charge is 0.494 e. The number of para-hydroxylation sites is 1. The Labute approximate surface area is 132 Å². The Morgan fingerprint density at radius 3 is 2.57 bits per heavy atom. The smallest absolute Gasteiger partial charge is 0.422 e. The van der Waals surface area contributed by atoms with E-state index < -0.39 is 11.4 Å². The van der Waals surface area contributed by atoms with Crippen molar-refractivity contribution < 1.29 is 9.15 Å². The van der Waals surface area contributed by atoms with Gasteiger partial charge in [-0.3, -0.25) is 4.57 Å². The normalized spacial score (nSPS) is 10.8. The Morgan fingerprint density at radius 2 is 1.78 bits per heavy atom. The van der Waals surface area contributed by atoms with Gasteiger partial charge >= 0.3 is 11.4 Å². The number of nitrogens with zero attached hydrogens (tertiary/aromatic N) is 1. The van der Waals surface area contributed by atoms with E-state index >= 15 is 0 Å². The molecule has 23 heavy (non-hydrogen) atoms. The van der Waals surface area contributed by atoms with Gasteiger partial charge in [-0.1, -0.05) is 29.8 Å². The van der Waals surface area contributed by atoms with Gasteiger partial charge in [0.2, 0.25) is 0 Å². The average molecular weight is 311 g/mol. The lowest BCUT2D eigenvalue weighted by atomic mass is 10.2. The number of aromatic nitrogens is 1. The van der Waals surface area contributed by atoms with Crippen LogP contribution in [0.15, 0.2) is 62.5 Å². The maximum Gasteiger partial charge on any atom is 0.422 e. The summed E-state index contributed by atoms with van der Waals surface area (Å²) in [5, 5.41) is 0.409. The third-order valence-electron chi connectivity index (χ3n) is 3.63. The SMILES string of the molecule is Cc1ccc(OCCCn2c(=O)oc(=O)c3ccccc32)cc1. The first-order valence-electron chi connectivity index (χ1n) is 7.47. The second-order valence-corrected chi connectivity index (χ2v) is 5.34. The van der Waals surface area contributed by atoms with Crippen LogP contribution in [0.1, 0.15) is 12.0 Å². The van der Waals surface area contributed by atoms with Gasteiger partial charge in [-0.15, -0.1) is 0 Å². The molecule has 0 bridgehead atoms. The predicted molar refractivity (Wildman–Crippen MR) is 88.0 cm³/mol. The number of hydrogen-bond acceptors (Lipinski definition) is 4. The van der Waals surface area contributed by atoms with Crippen LogP contribution in [0.2, 0.25) is 0 Å². The van der Waals surface area contributed by atoms with Gasteiger partial charge in [-0.2, -0.15) is 0 Å². The number of benzene rings is 2. The molecule has 0 amide bonds. The highest BCUT2D eigenvalue weighted by Crippen LogP contribution is 2.12. The molecule has 0 saturated heterocycles. The van der Waals surface area contributed by atoms with E-state index in [2.05, 4.69) is 0 Å². The lowest BCUT2D eigenvalue weighted by Crippen LogP contribution is -2.25. The molecule has 0 aliphatic heterocycles. The molecule has 0 aliphatic carbocycles. The van der Waals surface area contributed by atoms with Crippen molar-refractivity contribution in [1.82, 2.24) is 4.57 Å². The average Bonchev–Trinajstić information content (AvgIpc) is 2.55. The van der Waals surface area contributed by atoms with Crippen molar-refractivity contribution in [1.29, 1.82) is 0 Å². The maximum atomic E-state index is 11.9. The summed E-state index contributed by atoms with van der Waals surface area (Å²) in [4.78, 5) is 23.6. The minimum atomic E-state index is -0.635. The molecule has 5 nitrogen and oxygen atoms in total. The number of aryl methyl sites for hydroxylation is 2. The summed E-state index contributed by atoms with van der Waals surface area (Å²) in [6, 6.07) is 14.7. The number of ether oxygens (including phenoxy) is 1. The lowest BCUT2D eigenvalue weighted by molar-refractivity contribution is 0.296. The molecule has 118 valence electrons. The third kappa shape index (κ3) is 3.34. The van der Waals surface area contributed by atoms with Crippen LogP contribution >= 0.6 is 0 Å². The van der Waals surface area contributed by atoms with E-state index in [1.807, 2.05) is 31.2 Å². The van der Waals surface area contributed by atoms with Crippen molar-refractivity contribution in [2.45, 2.75) is 19.9 Å². The van der Waals surface area contributed by atoms with E-state index in [4.69, 9.17) is 9.15 Å². The van der Waals surface area contributed by atoms with Crippen molar-refractivity contribution in [3.8, 4) is 5.75 Å². The van der Waals surface area contributed by atoms with Crippen LogP contribution in [-0.4, -0.2) is 11.2 Å². The van der Waals surface area contributed by atoms with E-state index in [1.165, 1.54) is 10.1 Å². The van der Waals surface area contributed by atoms with Crippen molar-refractivity contribution in [3.63, 3.8) is 0 Å². The van der Waals surface area contributed by atoms with Crippen molar-refractivity contribution in [2.75, 3.05) is 6.61 Å². The highest BCUT2D eigenvalue weighted by Gasteiger charge is 2.08. The summed E-state index contributed by atoms with van der Waals surface area (Å²) in [6.07, 6.45) is 0.630. The molecular formula is C18H17NO4. The van der Waals surface area contributed by atoms with E-state index in [0.717, 1.165) is 5.75 Å². The van der Waals surface area contributed by atoms with Crippen LogP contribution in [0.4, 0.5) is 0 Å². The lowest BCUT2D eigenvalue weighted by Gasteiger charge is -2.09. The molecule has 0 spiro atoms. The van der Waals surface area contributed by atoms with Gasteiger partial charge in [0, 0.05) is 6.54 Å². The van der Waals surface area contributed by atoms with Gasteiger partial charge < -0.3 is 9.15 Å². The molecule has 3 rings (SSSR count). The molecule has 0 radical (unpaired) electrons. The molecule has 0 saturated carbocycles. The monoisotopic (exact) mass is 311 g/mol. The maximum absolute atomic E-state index is 11.9. The molecule has 0 atom stereocenters. The molecule has 0 fully saturated rings. The summed E-state index contributed by atoms with van der Waals surface area (Å²) in [5.41, 5.74) is 1.16. The second kappa shape index (κ2) is 6.52. The Hall–Kier alpha value is -2.82. The van der Waals surface area contributed by atoms with Gasteiger partial charge in [0.25, 0.3) is 0 Å². The fourth-order valence-corrected chi connectivity index (χ4v) is 2.43. The zero-order chi connectivity index (χ0) is 16.2. The first kappa shape index (κ1) is 15.1. The first-order chi connectivity index (χ1) is 11.1. The quantitative estimate of drug-likeness (QED) is 0.680. The van der Waals surface area contributed by atoms with Gasteiger partial charge in [0.05, 0.1) is 17.5 Å². The molecule has 0 N–H and O–H groups in total. The molecule has 2 aromatic carbocycles. The van der Waals surface area contributed by atoms with Crippen molar-refractivity contribution >= 4 is 10.9 Å². The summed E-state index contributed by atoms with van der Waals surface area (Å²) in [6.45, 7) is 2.92. The van der Waals surface area contributed by atoms with Crippen LogP contribution in [-0.2, 0) is 6.54 Å². The summed E-state index contributed by atoms with van der Waals surface area (Å²) in [5.74, 6) is 0.163. The third-order valence-corrected chi connectivity index (χ3v) is 3.63. The van der Waals surface area contributed by atoms with Crippen LogP contribution in [0, 0.1) is 6.92 Å². The predicted octanol–water partition coefficient (Wildman–Crippen LogP) is 2.73. The molecule has 1 aromatic heterocycles. The van der Waals surface area contributed by atoms with Gasteiger partial charge in [-0.25, -0.2) is 9.59 Å². The Bertz CT molecular complexity index is 922. The zero-order valence-corrected chi connectivity index (χ0v) is 12.8. The van der Waals surface area contributed by atoms with Crippen LogP contribution < -0.4 is 16.1 Å². The summed E-state index contributed by atoms with van der Waals surface area (Å²) < 4.78 is 11.9. The Balaban J connectivity index is 1.71. The Kier molecular flexibility index (Phi) is 4.28. The zero-order valence-electron chi connectivity index (χ0n) is 12.8. The first-order valence-corrected chi connectivity index (χ1v) is 7.47. The van der Waals surface area contributed by atoms with E-state index in [0.29, 0.717) is 30.5 Å². The topological polar surface area (TPSA) is 61.4 Å². The highest BCUT2D eigenvalue weighted by atomic mass is 16.5. The summed E-state index contributed by atoms with van der Waals surface area (Å²) >= 11 is 0.